The largest absolute Gasteiger partial charge is 0.497 e. The van der Waals surface area contributed by atoms with Gasteiger partial charge >= 0.3 is 0 Å². The van der Waals surface area contributed by atoms with E-state index < -0.39 is 5.91 Å². The van der Waals surface area contributed by atoms with Gasteiger partial charge in [0.1, 0.15) is 17.0 Å². The Balaban J connectivity index is 1.47. The normalized spacial score (nSPS) is 10.5. The van der Waals surface area contributed by atoms with Crippen molar-refractivity contribution in [1.29, 1.82) is 0 Å². The van der Waals surface area contributed by atoms with Crippen molar-refractivity contribution in [3.8, 4) is 23.0 Å². The van der Waals surface area contributed by atoms with E-state index in [2.05, 4.69) is 15.6 Å². The minimum atomic E-state index is -0.397. The predicted octanol–water partition coefficient (Wildman–Crippen LogP) is 4.64. The van der Waals surface area contributed by atoms with Gasteiger partial charge in [-0.05, 0) is 54.7 Å². The molecule has 0 saturated heterocycles. The quantitative estimate of drug-likeness (QED) is 0.444. The summed E-state index contributed by atoms with van der Waals surface area (Å²) in [6, 6.07) is 20.0. The van der Waals surface area contributed by atoms with Crippen molar-refractivity contribution in [2.24, 2.45) is 0 Å². The number of amides is 1. The summed E-state index contributed by atoms with van der Waals surface area (Å²) in [5.74, 6) is 1.11. The summed E-state index contributed by atoms with van der Waals surface area (Å²) >= 11 is 5.29. The molecule has 0 unspecified atom stereocenters. The fourth-order valence-corrected chi connectivity index (χ4v) is 3.24. The first-order valence-corrected chi connectivity index (χ1v) is 9.78. The minimum absolute atomic E-state index is 0.147. The molecule has 7 nitrogen and oxygen atoms in total. The number of oxazole rings is 1. The van der Waals surface area contributed by atoms with Gasteiger partial charge < -0.3 is 19.2 Å². The maximum atomic E-state index is 12.6. The topological polar surface area (TPSA) is 85.6 Å². The Hall–Kier alpha value is -3.91. The number of hydrogen-bond donors (Lipinski definition) is 2. The van der Waals surface area contributed by atoms with Gasteiger partial charge in [0.2, 0.25) is 5.89 Å². The highest BCUT2D eigenvalue weighted by Crippen LogP contribution is 2.26. The van der Waals surface area contributed by atoms with Crippen LogP contribution in [0.25, 0.3) is 22.6 Å². The number of carbonyl (C=O) groups is 1. The van der Waals surface area contributed by atoms with Gasteiger partial charge in [0, 0.05) is 17.3 Å². The molecule has 4 aromatic rings. The number of aromatic nitrogens is 1. The van der Waals surface area contributed by atoms with Crippen LogP contribution in [0.4, 0.5) is 5.69 Å². The van der Waals surface area contributed by atoms with E-state index in [0.717, 1.165) is 5.56 Å². The summed E-state index contributed by atoms with van der Waals surface area (Å²) in [7, 11) is 3.03. The monoisotopic (exact) mass is 433 g/mol. The summed E-state index contributed by atoms with van der Waals surface area (Å²) < 4.78 is 16.2. The van der Waals surface area contributed by atoms with Gasteiger partial charge in [-0.2, -0.15) is 0 Å². The molecule has 0 bridgehead atoms. The molecule has 1 amide bonds. The van der Waals surface area contributed by atoms with Crippen LogP contribution in [0.5, 0.6) is 11.5 Å². The molecule has 0 aliphatic carbocycles. The van der Waals surface area contributed by atoms with Crippen LogP contribution in [-0.2, 0) is 0 Å². The fraction of sp³-hybridized carbons (Fsp3) is 0.0870. The van der Waals surface area contributed by atoms with Crippen molar-refractivity contribution in [1.82, 2.24) is 10.3 Å². The SMILES string of the molecule is COc1ccc(C(=O)NC(=S)Nc2ccc3oc(-c4ccccc4)nc3c2)c(OC)c1. The standard InChI is InChI=1S/C23H19N3O4S/c1-28-16-9-10-17(20(13-16)29-2)21(27)26-23(31)24-15-8-11-19-18(12-15)25-22(30-19)14-6-4-3-5-7-14/h3-13H,1-2H3,(H2,24,26,27,31). The van der Waals surface area contributed by atoms with E-state index >= 15 is 0 Å². The molecular formula is C23H19N3O4S. The van der Waals surface area contributed by atoms with Crippen LogP contribution in [0, 0.1) is 0 Å². The summed E-state index contributed by atoms with van der Waals surface area (Å²) in [6.45, 7) is 0. The van der Waals surface area contributed by atoms with Crippen LogP contribution < -0.4 is 20.1 Å². The van der Waals surface area contributed by atoms with Crippen LogP contribution in [0.2, 0.25) is 0 Å². The van der Waals surface area contributed by atoms with Gasteiger partial charge in [-0.15, -0.1) is 0 Å². The van der Waals surface area contributed by atoms with Crippen LogP contribution in [0.3, 0.4) is 0 Å². The Bertz CT molecular complexity index is 1250. The van der Waals surface area contributed by atoms with E-state index in [1.807, 2.05) is 30.3 Å². The highest BCUT2D eigenvalue weighted by atomic mass is 32.1. The lowest BCUT2D eigenvalue weighted by molar-refractivity contribution is 0.0974. The Kier molecular flexibility index (Phi) is 5.81. The molecule has 0 saturated carbocycles. The molecule has 8 heteroatoms. The molecule has 0 aliphatic rings. The lowest BCUT2D eigenvalue weighted by Crippen LogP contribution is -2.34. The molecule has 1 heterocycles. The molecule has 2 N–H and O–H groups in total. The van der Waals surface area contributed by atoms with Crippen molar-refractivity contribution < 1.29 is 18.7 Å². The second kappa shape index (κ2) is 8.85. The molecule has 156 valence electrons. The summed E-state index contributed by atoms with van der Waals surface area (Å²) in [5, 5.41) is 5.80. The van der Waals surface area contributed by atoms with E-state index in [1.54, 1.807) is 43.5 Å². The van der Waals surface area contributed by atoms with Crippen LogP contribution in [0.15, 0.2) is 71.1 Å². The molecule has 0 radical (unpaired) electrons. The van der Waals surface area contributed by atoms with Crippen molar-refractivity contribution in [2.75, 3.05) is 19.5 Å². The number of nitrogens with one attached hydrogen (secondary N) is 2. The zero-order valence-electron chi connectivity index (χ0n) is 16.8. The Labute approximate surface area is 184 Å². The highest BCUT2D eigenvalue weighted by Gasteiger charge is 2.15. The number of ether oxygens (including phenoxy) is 2. The molecule has 0 aliphatic heterocycles. The zero-order valence-corrected chi connectivity index (χ0v) is 17.7. The van der Waals surface area contributed by atoms with Crippen molar-refractivity contribution in [2.45, 2.75) is 0 Å². The fourth-order valence-electron chi connectivity index (χ4n) is 3.03. The van der Waals surface area contributed by atoms with Crippen LogP contribution in [0.1, 0.15) is 10.4 Å². The van der Waals surface area contributed by atoms with Gasteiger partial charge in [-0.3, -0.25) is 10.1 Å². The first kappa shape index (κ1) is 20.4. The summed E-state index contributed by atoms with van der Waals surface area (Å²) in [5.41, 5.74) is 3.24. The number of nitrogens with zero attached hydrogens (tertiary/aromatic N) is 1. The Morgan fingerprint density at radius 3 is 2.55 bits per heavy atom. The smallest absolute Gasteiger partial charge is 0.261 e. The number of fused-ring (bicyclic) bond motifs is 1. The number of benzene rings is 3. The average molecular weight is 433 g/mol. The maximum absolute atomic E-state index is 12.6. The third kappa shape index (κ3) is 4.49. The highest BCUT2D eigenvalue weighted by molar-refractivity contribution is 7.80. The van der Waals surface area contributed by atoms with Gasteiger partial charge in [0.05, 0.1) is 19.8 Å². The number of rotatable bonds is 5. The zero-order chi connectivity index (χ0) is 21.8. The van der Waals surface area contributed by atoms with Gasteiger partial charge in [-0.25, -0.2) is 4.98 Å². The molecule has 0 spiro atoms. The minimum Gasteiger partial charge on any atom is -0.497 e. The van der Waals surface area contributed by atoms with E-state index in [9.17, 15) is 4.79 Å². The van der Waals surface area contributed by atoms with Gasteiger partial charge in [0.15, 0.2) is 10.7 Å². The van der Waals surface area contributed by atoms with E-state index in [-0.39, 0.29) is 5.11 Å². The Morgan fingerprint density at radius 2 is 1.81 bits per heavy atom. The maximum Gasteiger partial charge on any atom is 0.261 e. The third-order valence-corrected chi connectivity index (χ3v) is 4.75. The number of hydrogen-bond acceptors (Lipinski definition) is 6. The van der Waals surface area contributed by atoms with E-state index in [0.29, 0.717) is 39.7 Å². The lowest BCUT2D eigenvalue weighted by Gasteiger charge is -2.12. The van der Waals surface area contributed by atoms with E-state index in [4.69, 9.17) is 26.1 Å². The molecule has 31 heavy (non-hydrogen) atoms. The summed E-state index contributed by atoms with van der Waals surface area (Å²) in [6.07, 6.45) is 0. The Morgan fingerprint density at radius 1 is 1.00 bits per heavy atom. The lowest BCUT2D eigenvalue weighted by atomic mass is 10.2. The predicted molar refractivity (Wildman–Crippen MR) is 123 cm³/mol. The average Bonchev–Trinajstić information content (AvgIpc) is 3.22. The third-order valence-electron chi connectivity index (χ3n) is 4.55. The first-order valence-electron chi connectivity index (χ1n) is 9.38. The first-order chi connectivity index (χ1) is 15.1. The van der Waals surface area contributed by atoms with Crippen LogP contribution >= 0.6 is 12.2 Å². The molecule has 4 rings (SSSR count). The van der Waals surface area contributed by atoms with Crippen molar-refractivity contribution in [3.05, 3.63) is 72.3 Å². The molecule has 0 atom stereocenters. The van der Waals surface area contributed by atoms with Gasteiger partial charge in [-0.1, -0.05) is 18.2 Å². The molecule has 0 fully saturated rings. The second-order valence-corrected chi connectivity index (χ2v) is 6.95. The van der Waals surface area contributed by atoms with Crippen molar-refractivity contribution in [3.63, 3.8) is 0 Å². The summed E-state index contributed by atoms with van der Waals surface area (Å²) in [4.78, 5) is 17.1. The second-order valence-electron chi connectivity index (χ2n) is 6.54. The van der Waals surface area contributed by atoms with Crippen LogP contribution in [-0.4, -0.2) is 30.2 Å². The number of anilines is 1. The van der Waals surface area contributed by atoms with Gasteiger partial charge in [0.25, 0.3) is 5.91 Å². The molecule has 3 aromatic carbocycles. The number of carbonyl (C=O) groups excluding carboxylic acids is 1. The number of thiocarbonyl (C=S) groups is 1. The molecular weight excluding hydrogens is 414 g/mol. The number of methoxy groups -OCH3 is 2. The van der Waals surface area contributed by atoms with Crippen molar-refractivity contribution >= 4 is 40.0 Å². The van der Waals surface area contributed by atoms with E-state index in [1.165, 1.54) is 7.11 Å². The molecule has 1 aromatic heterocycles.